The number of pyridine rings is 1. The molecule has 2 fully saturated rings. The summed E-state index contributed by atoms with van der Waals surface area (Å²) in [6.45, 7) is 8.27. The average molecular weight is 462 g/mol. The van der Waals surface area contributed by atoms with Crippen molar-refractivity contribution in [2.75, 3.05) is 39.4 Å². The molecule has 7 heteroatoms. The summed E-state index contributed by atoms with van der Waals surface area (Å²) < 4.78 is 7.43. The van der Waals surface area contributed by atoms with E-state index in [1.807, 2.05) is 31.0 Å². The molecule has 1 atom stereocenters. The number of carbonyl (C=O) groups is 1. The number of piperidine rings is 1. The quantitative estimate of drug-likeness (QED) is 0.537. The second kappa shape index (κ2) is 10.3. The van der Waals surface area contributed by atoms with Gasteiger partial charge in [-0.05, 0) is 55.9 Å². The summed E-state index contributed by atoms with van der Waals surface area (Å²) in [5, 5.41) is 6.78. The number of fused-ring (bicyclic) bond motifs is 1. The van der Waals surface area contributed by atoms with E-state index in [0.29, 0.717) is 19.6 Å². The molecule has 1 aromatic carbocycles. The molecule has 2 aromatic heterocycles. The number of ketones is 1. The molecule has 0 spiro atoms. The molecule has 0 saturated carbocycles. The van der Waals surface area contributed by atoms with E-state index in [4.69, 9.17) is 4.74 Å². The van der Waals surface area contributed by atoms with Gasteiger partial charge >= 0.3 is 0 Å². The van der Waals surface area contributed by atoms with Gasteiger partial charge in [0.25, 0.3) is 0 Å². The molecule has 0 unspecified atom stereocenters. The van der Waals surface area contributed by atoms with Crippen LogP contribution < -0.4 is 0 Å². The van der Waals surface area contributed by atoms with E-state index in [0.717, 1.165) is 54.8 Å². The number of ether oxygens (including phenoxy) is 1. The van der Waals surface area contributed by atoms with Crippen LogP contribution in [-0.4, -0.2) is 75.8 Å². The summed E-state index contributed by atoms with van der Waals surface area (Å²) in [7, 11) is 2.03. The highest BCUT2D eigenvalue weighted by Crippen LogP contribution is 2.29. The Morgan fingerprint density at radius 1 is 1.03 bits per heavy atom. The first-order valence-corrected chi connectivity index (χ1v) is 12.6. The summed E-state index contributed by atoms with van der Waals surface area (Å²) in [6.07, 6.45) is 8.12. The molecule has 0 bridgehead atoms. The second-order valence-corrected chi connectivity index (χ2v) is 9.67. The molecule has 4 heterocycles. The smallest absolute Gasteiger partial charge is 0.155 e. The van der Waals surface area contributed by atoms with Crippen molar-refractivity contribution in [2.45, 2.75) is 45.2 Å². The van der Waals surface area contributed by atoms with Crippen LogP contribution in [-0.2, 0) is 29.5 Å². The predicted octanol–water partition coefficient (Wildman–Crippen LogP) is 3.45. The number of carbonyl (C=O) groups excluding carboxylic acids is 1. The minimum atomic E-state index is -0.111. The molecule has 0 aliphatic carbocycles. The van der Waals surface area contributed by atoms with Crippen LogP contribution in [0.15, 0.2) is 36.7 Å². The van der Waals surface area contributed by atoms with Crippen molar-refractivity contribution in [3.63, 3.8) is 0 Å². The van der Waals surface area contributed by atoms with Crippen LogP contribution in [0.3, 0.4) is 0 Å². The van der Waals surface area contributed by atoms with Gasteiger partial charge in [-0.15, -0.1) is 0 Å². The first kappa shape index (κ1) is 23.1. The van der Waals surface area contributed by atoms with E-state index < -0.39 is 0 Å². The molecule has 3 aromatic rings. The summed E-state index contributed by atoms with van der Waals surface area (Å²) in [5.41, 5.74) is 4.43. The second-order valence-electron chi connectivity index (χ2n) is 9.67. The van der Waals surface area contributed by atoms with Gasteiger partial charge < -0.3 is 4.74 Å². The third-order valence-corrected chi connectivity index (χ3v) is 7.39. The molecule has 0 radical (unpaired) electrons. The predicted molar refractivity (Wildman–Crippen MR) is 134 cm³/mol. The van der Waals surface area contributed by atoms with E-state index in [9.17, 15) is 4.79 Å². The van der Waals surface area contributed by atoms with Crippen molar-refractivity contribution in [2.24, 2.45) is 7.05 Å². The Morgan fingerprint density at radius 2 is 1.82 bits per heavy atom. The summed E-state index contributed by atoms with van der Waals surface area (Å²) in [5.74, 6) is 0.209. The van der Waals surface area contributed by atoms with Crippen LogP contribution in [0.1, 0.15) is 37.6 Å². The summed E-state index contributed by atoms with van der Waals surface area (Å²) in [4.78, 5) is 22.3. The Balaban J connectivity index is 1.36. The number of hydrogen-bond acceptors (Lipinski definition) is 6. The minimum absolute atomic E-state index is 0.111. The van der Waals surface area contributed by atoms with Crippen LogP contribution in [0.4, 0.5) is 0 Å². The van der Waals surface area contributed by atoms with Gasteiger partial charge in [-0.3, -0.25) is 24.3 Å². The Labute approximate surface area is 201 Å². The first-order valence-electron chi connectivity index (χ1n) is 12.6. The Kier molecular flexibility index (Phi) is 7.04. The number of benzene rings is 1. The Hall–Kier alpha value is -2.61. The van der Waals surface area contributed by atoms with E-state index in [-0.39, 0.29) is 11.8 Å². The highest BCUT2D eigenvalue weighted by molar-refractivity contribution is 5.89. The van der Waals surface area contributed by atoms with Crippen molar-refractivity contribution in [3.8, 4) is 11.1 Å². The lowest BCUT2D eigenvalue weighted by Crippen LogP contribution is -2.46. The van der Waals surface area contributed by atoms with E-state index in [1.165, 1.54) is 30.5 Å². The number of Topliss-reactive ketones (excluding diaryl/α,β-unsaturated/α-hetero) is 1. The molecule has 0 N–H and O–H groups in total. The molecule has 180 valence electrons. The van der Waals surface area contributed by atoms with Crippen LogP contribution in [0.25, 0.3) is 21.9 Å². The lowest BCUT2D eigenvalue weighted by Gasteiger charge is -2.31. The topological polar surface area (TPSA) is 63.5 Å². The van der Waals surface area contributed by atoms with Gasteiger partial charge in [0, 0.05) is 49.5 Å². The van der Waals surface area contributed by atoms with Crippen LogP contribution in [0.2, 0.25) is 0 Å². The number of aromatic nitrogens is 3. The molecule has 2 saturated heterocycles. The van der Waals surface area contributed by atoms with Crippen molar-refractivity contribution in [1.82, 2.24) is 24.6 Å². The van der Waals surface area contributed by atoms with Gasteiger partial charge in [-0.2, -0.15) is 5.10 Å². The molecular formula is C27H35N5O2. The normalized spacial score (nSPS) is 18.9. The third-order valence-electron chi connectivity index (χ3n) is 7.39. The highest BCUT2D eigenvalue weighted by atomic mass is 16.5. The molecule has 0 amide bonds. The number of nitrogens with zero attached hydrogens (tertiary/aromatic N) is 5. The lowest BCUT2D eigenvalue weighted by atomic mass is 10.0. The van der Waals surface area contributed by atoms with E-state index in [2.05, 4.69) is 44.1 Å². The largest absolute Gasteiger partial charge is 0.379 e. The SMILES string of the molecule is C[C@@H](C(=O)Cc1cc2cc(-c3cnn(C)c3CN3CCCCC3)ccc2cn1)N1CCOCC1. The molecule has 5 rings (SSSR count). The fraction of sp³-hybridized carbons (Fsp3) is 0.519. The van der Waals surface area contributed by atoms with Gasteiger partial charge in [-0.1, -0.05) is 18.6 Å². The van der Waals surface area contributed by atoms with Crippen molar-refractivity contribution >= 4 is 16.6 Å². The van der Waals surface area contributed by atoms with E-state index >= 15 is 0 Å². The standard InChI is InChI=1S/C27H35N5O2/c1-20(32-10-12-34-13-11-32)27(33)16-24-15-23-14-21(6-7-22(23)17-28-24)25-18-29-30(2)26(25)19-31-8-4-3-5-9-31/h6-7,14-15,17-18,20H,3-5,8-13,16,19H2,1-2H3/t20-/m0/s1. The fourth-order valence-corrected chi connectivity index (χ4v) is 5.17. The molecule has 2 aliphatic heterocycles. The van der Waals surface area contributed by atoms with Gasteiger partial charge in [0.15, 0.2) is 5.78 Å². The maximum absolute atomic E-state index is 12.9. The van der Waals surface area contributed by atoms with Gasteiger partial charge in [-0.25, -0.2) is 0 Å². The minimum Gasteiger partial charge on any atom is -0.379 e. The summed E-state index contributed by atoms with van der Waals surface area (Å²) in [6, 6.07) is 8.46. The maximum atomic E-state index is 12.9. The van der Waals surface area contributed by atoms with Crippen molar-refractivity contribution in [3.05, 3.63) is 48.0 Å². The van der Waals surface area contributed by atoms with E-state index in [1.54, 1.807) is 0 Å². The van der Waals surface area contributed by atoms with Crippen LogP contribution in [0, 0.1) is 0 Å². The number of aryl methyl sites for hydroxylation is 1. The fourth-order valence-electron chi connectivity index (χ4n) is 5.17. The zero-order chi connectivity index (χ0) is 23.5. The highest BCUT2D eigenvalue weighted by Gasteiger charge is 2.23. The van der Waals surface area contributed by atoms with Crippen molar-refractivity contribution in [1.29, 1.82) is 0 Å². The lowest BCUT2D eigenvalue weighted by molar-refractivity contribution is -0.124. The number of hydrogen-bond donors (Lipinski definition) is 0. The molecule has 2 aliphatic rings. The zero-order valence-corrected chi connectivity index (χ0v) is 20.4. The van der Waals surface area contributed by atoms with Crippen molar-refractivity contribution < 1.29 is 9.53 Å². The Morgan fingerprint density at radius 3 is 2.62 bits per heavy atom. The molecule has 7 nitrogen and oxygen atoms in total. The number of morpholine rings is 1. The maximum Gasteiger partial charge on any atom is 0.155 e. The number of likely N-dealkylation sites (tertiary alicyclic amines) is 1. The Bertz CT molecular complexity index is 1150. The van der Waals surface area contributed by atoms with Crippen LogP contribution in [0.5, 0.6) is 0 Å². The average Bonchev–Trinajstić information content (AvgIpc) is 3.24. The monoisotopic (exact) mass is 461 g/mol. The van der Waals surface area contributed by atoms with Gasteiger partial charge in [0.05, 0.1) is 37.6 Å². The first-order chi connectivity index (χ1) is 16.6. The third kappa shape index (κ3) is 5.06. The molecular weight excluding hydrogens is 426 g/mol. The summed E-state index contributed by atoms with van der Waals surface area (Å²) >= 11 is 0. The van der Waals surface area contributed by atoms with Gasteiger partial charge in [0.2, 0.25) is 0 Å². The van der Waals surface area contributed by atoms with Gasteiger partial charge in [0.1, 0.15) is 0 Å². The molecule has 34 heavy (non-hydrogen) atoms. The van der Waals surface area contributed by atoms with Crippen LogP contribution >= 0.6 is 0 Å². The number of rotatable bonds is 7. The zero-order valence-electron chi connectivity index (χ0n) is 20.4.